The Labute approximate surface area is 140 Å². The molecule has 5 heteroatoms. The van der Waals surface area contributed by atoms with Crippen LogP contribution in [0, 0.1) is 26.7 Å². The van der Waals surface area contributed by atoms with Crippen LogP contribution in [0.3, 0.4) is 0 Å². The Morgan fingerprint density at radius 1 is 1.26 bits per heavy atom. The number of nitrogens with one attached hydrogen (secondary N) is 1. The second-order valence-corrected chi connectivity index (χ2v) is 6.85. The molecule has 0 aliphatic rings. The Morgan fingerprint density at radius 2 is 2.00 bits per heavy atom. The molecule has 4 nitrogen and oxygen atoms in total. The van der Waals surface area contributed by atoms with Crippen molar-refractivity contribution < 1.29 is 14.7 Å². The maximum Gasteiger partial charge on any atom is 0.308 e. The topological polar surface area (TPSA) is 66.4 Å². The van der Waals surface area contributed by atoms with Gasteiger partial charge in [-0.15, -0.1) is 11.3 Å². The van der Waals surface area contributed by atoms with Crippen molar-refractivity contribution >= 4 is 23.2 Å². The van der Waals surface area contributed by atoms with Crippen LogP contribution in [0.2, 0.25) is 0 Å². The number of aryl methyl sites for hydroxylation is 2. The molecule has 0 fully saturated rings. The molecule has 23 heavy (non-hydrogen) atoms. The maximum atomic E-state index is 12.2. The number of carboxylic acids is 1. The number of hydrogen-bond donors (Lipinski definition) is 2. The molecule has 1 heterocycles. The highest BCUT2D eigenvalue weighted by molar-refractivity contribution is 7.10. The molecule has 2 aromatic rings. The van der Waals surface area contributed by atoms with Crippen molar-refractivity contribution in [2.75, 3.05) is 6.54 Å². The maximum absolute atomic E-state index is 12.2. The molecule has 2 rings (SSSR count). The van der Waals surface area contributed by atoms with Crippen molar-refractivity contribution in [2.24, 2.45) is 5.92 Å². The first-order chi connectivity index (χ1) is 10.9. The highest BCUT2D eigenvalue weighted by atomic mass is 32.1. The quantitative estimate of drug-likeness (QED) is 0.853. The summed E-state index contributed by atoms with van der Waals surface area (Å²) >= 11 is 1.53. The number of hydrogen-bond acceptors (Lipinski definition) is 3. The van der Waals surface area contributed by atoms with Crippen molar-refractivity contribution in [1.82, 2.24) is 5.32 Å². The van der Waals surface area contributed by atoms with Crippen LogP contribution < -0.4 is 5.32 Å². The van der Waals surface area contributed by atoms with E-state index < -0.39 is 11.9 Å². The fourth-order valence-electron chi connectivity index (χ4n) is 2.42. The van der Waals surface area contributed by atoms with Crippen LogP contribution in [0.25, 0.3) is 0 Å². The van der Waals surface area contributed by atoms with Gasteiger partial charge in [0.1, 0.15) is 0 Å². The van der Waals surface area contributed by atoms with E-state index in [2.05, 4.69) is 5.32 Å². The van der Waals surface area contributed by atoms with Gasteiger partial charge in [0.2, 0.25) is 0 Å². The number of benzene rings is 1. The van der Waals surface area contributed by atoms with Crippen molar-refractivity contribution in [2.45, 2.75) is 27.2 Å². The predicted molar refractivity (Wildman–Crippen MR) is 92.1 cm³/mol. The standard InChI is InChI=1S/C18H21NO3S/c1-11-5-4-6-14(7-11)8-15(18(21)22)9-19-17(20)16-10-23-13(3)12(16)2/h4-7,10,15H,8-9H2,1-3H3,(H,19,20)(H,21,22). The largest absolute Gasteiger partial charge is 0.481 e. The molecule has 122 valence electrons. The van der Waals surface area contributed by atoms with E-state index in [0.29, 0.717) is 12.0 Å². The van der Waals surface area contributed by atoms with Gasteiger partial charge in [-0.05, 0) is 38.3 Å². The summed E-state index contributed by atoms with van der Waals surface area (Å²) in [4.78, 5) is 24.8. The molecule has 1 aromatic heterocycles. The van der Waals surface area contributed by atoms with Gasteiger partial charge in [0.25, 0.3) is 5.91 Å². The average Bonchev–Trinajstić information content (AvgIpc) is 2.83. The number of aliphatic carboxylic acids is 1. The van der Waals surface area contributed by atoms with Gasteiger partial charge in [-0.2, -0.15) is 0 Å². The fraction of sp³-hybridized carbons (Fsp3) is 0.333. The minimum Gasteiger partial charge on any atom is -0.481 e. The van der Waals surface area contributed by atoms with Crippen LogP contribution in [0.1, 0.15) is 31.9 Å². The molecule has 1 atom stereocenters. The van der Waals surface area contributed by atoms with E-state index in [-0.39, 0.29) is 12.5 Å². The molecular weight excluding hydrogens is 310 g/mol. The summed E-state index contributed by atoms with van der Waals surface area (Å²) in [5.41, 5.74) is 3.65. The van der Waals surface area contributed by atoms with E-state index >= 15 is 0 Å². The first-order valence-corrected chi connectivity index (χ1v) is 8.37. The highest BCUT2D eigenvalue weighted by Crippen LogP contribution is 2.20. The molecule has 0 saturated carbocycles. The van der Waals surface area contributed by atoms with Crippen LogP contribution in [-0.4, -0.2) is 23.5 Å². The molecule has 0 spiro atoms. The Hall–Kier alpha value is -2.14. The molecule has 1 aromatic carbocycles. The molecule has 0 saturated heterocycles. The SMILES string of the molecule is Cc1cccc(CC(CNC(=O)c2csc(C)c2C)C(=O)O)c1. The van der Waals surface area contributed by atoms with Gasteiger partial charge < -0.3 is 10.4 Å². The fourth-order valence-corrected chi connectivity index (χ4v) is 3.28. The summed E-state index contributed by atoms with van der Waals surface area (Å²) in [6.45, 7) is 5.97. The molecule has 2 N–H and O–H groups in total. The van der Waals surface area contributed by atoms with Gasteiger partial charge in [0.05, 0.1) is 11.5 Å². The Kier molecular flexibility index (Phi) is 5.55. The molecule has 0 aliphatic heterocycles. The lowest BCUT2D eigenvalue weighted by Gasteiger charge is -2.14. The lowest BCUT2D eigenvalue weighted by molar-refractivity contribution is -0.141. The second-order valence-electron chi connectivity index (χ2n) is 5.77. The van der Waals surface area contributed by atoms with Crippen LogP contribution in [-0.2, 0) is 11.2 Å². The summed E-state index contributed by atoms with van der Waals surface area (Å²) in [6.07, 6.45) is 0.402. The van der Waals surface area contributed by atoms with E-state index in [4.69, 9.17) is 0 Å². The Balaban J connectivity index is 2.01. The van der Waals surface area contributed by atoms with Gasteiger partial charge >= 0.3 is 5.97 Å². The smallest absolute Gasteiger partial charge is 0.308 e. The Bertz CT molecular complexity index is 721. The number of carbonyl (C=O) groups excluding carboxylic acids is 1. The Morgan fingerprint density at radius 3 is 2.57 bits per heavy atom. The summed E-state index contributed by atoms with van der Waals surface area (Å²) in [5.74, 6) is -1.74. The highest BCUT2D eigenvalue weighted by Gasteiger charge is 2.20. The molecule has 1 amide bonds. The molecule has 0 aliphatic carbocycles. The van der Waals surface area contributed by atoms with E-state index in [1.54, 1.807) is 0 Å². The summed E-state index contributed by atoms with van der Waals surface area (Å²) in [6, 6.07) is 7.78. The van der Waals surface area contributed by atoms with Gasteiger partial charge in [0, 0.05) is 16.8 Å². The normalized spacial score (nSPS) is 12.0. The van der Waals surface area contributed by atoms with Crippen molar-refractivity contribution in [3.05, 3.63) is 56.8 Å². The summed E-state index contributed by atoms with van der Waals surface area (Å²) in [5, 5.41) is 14.0. The lowest BCUT2D eigenvalue weighted by atomic mass is 9.98. The first-order valence-electron chi connectivity index (χ1n) is 7.49. The number of carbonyl (C=O) groups is 2. The molecule has 0 bridgehead atoms. The summed E-state index contributed by atoms with van der Waals surface area (Å²) in [7, 11) is 0. The third kappa shape index (κ3) is 4.42. The zero-order valence-electron chi connectivity index (χ0n) is 13.6. The van der Waals surface area contributed by atoms with Gasteiger partial charge in [-0.3, -0.25) is 9.59 Å². The van der Waals surface area contributed by atoms with Gasteiger partial charge in [-0.25, -0.2) is 0 Å². The van der Waals surface area contributed by atoms with Crippen molar-refractivity contribution in [3.8, 4) is 0 Å². The monoisotopic (exact) mass is 331 g/mol. The van der Waals surface area contributed by atoms with Crippen molar-refractivity contribution in [1.29, 1.82) is 0 Å². The number of amides is 1. The number of rotatable bonds is 6. The summed E-state index contributed by atoms with van der Waals surface area (Å²) < 4.78 is 0. The number of carboxylic acid groups (broad SMARTS) is 1. The van der Waals surface area contributed by atoms with Crippen LogP contribution in [0.15, 0.2) is 29.6 Å². The second kappa shape index (κ2) is 7.42. The third-order valence-corrected chi connectivity index (χ3v) is 4.97. The molecule has 1 unspecified atom stereocenters. The van der Waals surface area contributed by atoms with Crippen LogP contribution in [0.4, 0.5) is 0 Å². The molecular formula is C18H21NO3S. The zero-order chi connectivity index (χ0) is 17.0. The van der Waals surface area contributed by atoms with E-state index in [1.807, 2.05) is 50.4 Å². The minimum atomic E-state index is -0.898. The minimum absolute atomic E-state index is 0.121. The molecule has 0 radical (unpaired) electrons. The first kappa shape index (κ1) is 17.2. The predicted octanol–water partition coefficient (Wildman–Crippen LogP) is 3.35. The lowest BCUT2D eigenvalue weighted by Crippen LogP contribution is -2.34. The van der Waals surface area contributed by atoms with Crippen LogP contribution >= 0.6 is 11.3 Å². The third-order valence-electron chi connectivity index (χ3n) is 3.95. The van der Waals surface area contributed by atoms with Gasteiger partial charge in [0.15, 0.2) is 0 Å². The van der Waals surface area contributed by atoms with Gasteiger partial charge in [-0.1, -0.05) is 29.8 Å². The zero-order valence-corrected chi connectivity index (χ0v) is 14.4. The van der Waals surface area contributed by atoms with E-state index in [1.165, 1.54) is 11.3 Å². The van der Waals surface area contributed by atoms with Crippen molar-refractivity contribution in [3.63, 3.8) is 0 Å². The van der Waals surface area contributed by atoms with E-state index in [0.717, 1.165) is 21.6 Å². The average molecular weight is 331 g/mol. The van der Waals surface area contributed by atoms with Crippen LogP contribution in [0.5, 0.6) is 0 Å². The number of thiophene rings is 1. The van der Waals surface area contributed by atoms with E-state index in [9.17, 15) is 14.7 Å².